The van der Waals surface area contributed by atoms with Crippen LogP contribution < -0.4 is 0 Å². The highest BCUT2D eigenvalue weighted by molar-refractivity contribution is 5.66. The van der Waals surface area contributed by atoms with Crippen LogP contribution in [0.15, 0.2) is 24.3 Å². The monoisotopic (exact) mass is 432 g/mol. The molecule has 0 saturated heterocycles. The Labute approximate surface area is 174 Å². The minimum Gasteiger partial charge on any atom is -0.481 e. The molecule has 1 aliphatic carbocycles. The van der Waals surface area contributed by atoms with Crippen LogP contribution in [0.4, 0.5) is 13.2 Å². The molecule has 8 heteroatoms. The molecule has 2 rings (SSSR count). The lowest BCUT2D eigenvalue weighted by atomic mass is 9.84. The number of aliphatic hydroxyl groups excluding tert-OH is 3. The molecule has 1 aromatic rings. The second-order valence-electron chi connectivity index (χ2n) is 8.26. The zero-order valence-electron chi connectivity index (χ0n) is 16.9. The van der Waals surface area contributed by atoms with Gasteiger partial charge in [-0.25, -0.2) is 0 Å². The van der Waals surface area contributed by atoms with Crippen LogP contribution in [-0.2, 0) is 11.0 Å². The molecular weight excluding hydrogens is 401 g/mol. The average molecular weight is 432 g/mol. The Morgan fingerprint density at radius 2 is 1.53 bits per heavy atom. The molecule has 1 saturated carbocycles. The summed E-state index contributed by atoms with van der Waals surface area (Å²) >= 11 is 0. The van der Waals surface area contributed by atoms with Crippen LogP contribution in [0.25, 0.3) is 0 Å². The van der Waals surface area contributed by atoms with Gasteiger partial charge in [0.15, 0.2) is 0 Å². The number of carbonyl (C=O) groups is 1. The van der Waals surface area contributed by atoms with E-state index in [-0.39, 0.29) is 31.1 Å². The first-order valence-electron chi connectivity index (χ1n) is 10.5. The Hall–Kier alpha value is -1.64. The van der Waals surface area contributed by atoms with E-state index < -0.39 is 36.0 Å². The van der Waals surface area contributed by atoms with Crippen molar-refractivity contribution < 1.29 is 38.4 Å². The van der Waals surface area contributed by atoms with Crippen molar-refractivity contribution in [3.05, 3.63) is 35.4 Å². The molecule has 170 valence electrons. The minimum absolute atomic E-state index is 0.0979. The number of alkyl halides is 3. The number of aliphatic carboxylic acids is 1. The van der Waals surface area contributed by atoms with Crippen LogP contribution in [0.2, 0.25) is 0 Å². The number of aliphatic hydroxyl groups is 3. The predicted molar refractivity (Wildman–Crippen MR) is 105 cm³/mol. The molecule has 4 N–H and O–H groups in total. The normalized spacial score (nSPS) is 25.4. The maximum absolute atomic E-state index is 12.7. The zero-order valence-corrected chi connectivity index (χ0v) is 16.9. The fourth-order valence-corrected chi connectivity index (χ4v) is 4.40. The van der Waals surface area contributed by atoms with Crippen molar-refractivity contribution in [3.63, 3.8) is 0 Å². The number of carboxylic acids is 1. The lowest BCUT2D eigenvalue weighted by Gasteiger charge is -2.25. The fraction of sp³-hybridized carbons (Fsp3) is 0.682. The summed E-state index contributed by atoms with van der Waals surface area (Å²) in [5, 5.41) is 39.6. The van der Waals surface area contributed by atoms with Crippen LogP contribution in [0.1, 0.15) is 75.0 Å². The SMILES string of the molecule is O=C(O)CCCCCCC1C(O)CC(O)C1CCC(O)c1ccc(C(F)(F)F)cc1. The van der Waals surface area contributed by atoms with Crippen molar-refractivity contribution in [1.82, 2.24) is 0 Å². The van der Waals surface area contributed by atoms with Crippen LogP contribution >= 0.6 is 0 Å². The van der Waals surface area contributed by atoms with E-state index in [1.807, 2.05) is 0 Å². The molecule has 0 radical (unpaired) electrons. The molecular formula is C22H31F3O5. The molecule has 0 amide bonds. The summed E-state index contributed by atoms with van der Waals surface area (Å²) in [5.41, 5.74) is -0.373. The highest BCUT2D eigenvalue weighted by Gasteiger charge is 2.41. The molecule has 0 aromatic heterocycles. The van der Waals surface area contributed by atoms with E-state index in [2.05, 4.69) is 0 Å². The standard InChI is InChI=1S/C22H31F3O5/c23-22(24,25)15-9-7-14(8-10-15)18(26)12-11-17-16(19(27)13-20(17)28)5-3-1-2-4-6-21(29)30/h7-10,16-20,26-28H,1-6,11-13H2,(H,29,30). The summed E-state index contributed by atoms with van der Waals surface area (Å²) < 4.78 is 38.0. The summed E-state index contributed by atoms with van der Waals surface area (Å²) in [6.45, 7) is 0. The van der Waals surface area contributed by atoms with Crippen molar-refractivity contribution in [2.75, 3.05) is 0 Å². The van der Waals surface area contributed by atoms with E-state index in [1.165, 1.54) is 12.1 Å². The van der Waals surface area contributed by atoms with Gasteiger partial charge in [0, 0.05) is 6.42 Å². The molecule has 1 aromatic carbocycles. The molecule has 5 nitrogen and oxygen atoms in total. The summed E-state index contributed by atoms with van der Waals surface area (Å²) in [4.78, 5) is 10.5. The molecule has 5 atom stereocenters. The van der Waals surface area contributed by atoms with Crippen LogP contribution in [-0.4, -0.2) is 38.6 Å². The lowest BCUT2D eigenvalue weighted by molar-refractivity contribution is -0.138. The maximum atomic E-state index is 12.7. The van der Waals surface area contributed by atoms with Gasteiger partial charge in [-0.1, -0.05) is 31.4 Å². The number of benzene rings is 1. The van der Waals surface area contributed by atoms with Gasteiger partial charge in [0.25, 0.3) is 0 Å². The second-order valence-corrected chi connectivity index (χ2v) is 8.26. The van der Waals surface area contributed by atoms with Crippen molar-refractivity contribution >= 4 is 5.97 Å². The van der Waals surface area contributed by atoms with E-state index in [1.54, 1.807) is 0 Å². The number of halogens is 3. The molecule has 30 heavy (non-hydrogen) atoms. The molecule has 5 unspecified atom stereocenters. The Bertz CT molecular complexity index is 662. The van der Waals surface area contributed by atoms with Crippen molar-refractivity contribution in [2.24, 2.45) is 11.8 Å². The lowest BCUT2D eigenvalue weighted by Crippen LogP contribution is -2.23. The highest BCUT2D eigenvalue weighted by atomic mass is 19.4. The first-order valence-corrected chi connectivity index (χ1v) is 10.5. The largest absolute Gasteiger partial charge is 0.481 e. The fourth-order valence-electron chi connectivity index (χ4n) is 4.40. The predicted octanol–water partition coefficient (Wildman–Crippen LogP) is 4.30. The van der Waals surface area contributed by atoms with Gasteiger partial charge >= 0.3 is 12.1 Å². The molecule has 0 heterocycles. The van der Waals surface area contributed by atoms with Crippen molar-refractivity contribution in [2.45, 2.75) is 82.3 Å². The summed E-state index contributed by atoms with van der Waals surface area (Å²) in [7, 11) is 0. The molecule has 1 aliphatic rings. The number of hydrogen-bond donors (Lipinski definition) is 4. The third-order valence-corrected chi connectivity index (χ3v) is 6.10. The average Bonchev–Trinajstić information content (AvgIpc) is 2.94. The van der Waals surface area contributed by atoms with Gasteiger partial charge in [-0.2, -0.15) is 13.2 Å². The van der Waals surface area contributed by atoms with Gasteiger partial charge in [-0.05, 0) is 61.6 Å². The highest BCUT2D eigenvalue weighted by Crippen LogP contribution is 2.40. The Kier molecular flexibility index (Phi) is 9.12. The second kappa shape index (κ2) is 11.1. The quantitative estimate of drug-likeness (QED) is 0.391. The van der Waals surface area contributed by atoms with Gasteiger partial charge in [0.05, 0.1) is 23.9 Å². The first kappa shape index (κ1) is 24.6. The van der Waals surface area contributed by atoms with Gasteiger partial charge in [-0.15, -0.1) is 0 Å². The van der Waals surface area contributed by atoms with Crippen molar-refractivity contribution in [3.8, 4) is 0 Å². The van der Waals surface area contributed by atoms with Crippen LogP contribution in [0, 0.1) is 11.8 Å². The van der Waals surface area contributed by atoms with Gasteiger partial charge < -0.3 is 20.4 Å². The number of carboxylic acid groups (broad SMARTS) is 1. The van der Waals surface area contributed by atoms with Crippen molar-refractivity contribution in [1.29, 1.82) is 0 Å². The third-order valence-electron chi connectivity index (χ3n) is 6.10. The Morgan fingerprint density at radius 3 is 2.10 bits per heavy atom. The molecule has 0 aliphatic heterocycles. The van der Waals surface area contributed by atoms with Gasteiger partial charge in [0.1, 0.15) is 0 Å². The first-order chi connectivity index (χ1) is 14.1. The molecule has 1 fully saturated rings. The third kappa shape index (κ3) is 7.25. The van der Waals surface area contributed by atoms with Gasteiger partial charge in [0.2, 0.25) is 0 Å². The Balaban J connectivity index is 1.83. The van der Waals surface area contributed by atoms with E-state index in [4.69, 9.17) is 5.11 Å². The number of unbranched alkanes of at least 4 members (excludes halogenated alkanes) is 3. The summed E-state index contributed by atoms with van der Waals surface area (Å²) in [6.07, 6.45) is -1.65. The van der Waals surface area contributed by atoms with Crippen LogP contribution in [0.5, 0.6) is 0 Å². The zero-order chi connectivity index (χ0) is 22.3. The van der Waals surface area contributed by atoms with E-state index >= 15 is 0 Å². The van der Waals surface area contributed by atoms with Gasteiger partial charge in [-0.3, -0.25) is 4.79 Å². The molecule has 0 spiro atoms. The van der Waals surface area contributed by atoms with E-state index in [9.17, 15) is 33.3 Å². The summed E-state index contributed by atoms with van der Waals surface area (Å²) in [5.74, 6) is -1.08. The molecule has 0 bridgehead atoms. The Morgan fingerprint density at radius 1 is 0.967 bits per heavy atom. The van der Waals surface area contributed by atoms with E-state index in [0.29, 0.717) is 24.8 Å². The minimum atomic E-state index is -4.42. The number of rotatable bonds is 11. The topological polar surface area (TPSA) is 98.0 Å². The maximum Gasteiger partial charge on any atom is 0.416 e. The summed E-state index contributed by atoms with van der Waals surface area (Å²) in [6, 6.07) is 4.42. The van der Waals surface area contributed by atoms with E-state index in [0.717, 1.165) is 31.4 Å². The van der Waals surface area contributed by atoms with Crippen LogP contribution in [0.3, 0.4) is 0 Å². The number of hydrogen-bond acceptors (Lipinski definition) is 4. The smallest absolute Gasteiger partial charge is 0.416 e.